The third-order valence-corrected chi connectivity index (χ3v) is 5.64. The summed E-state index contributed by atoms with van der Waals surface area (Å²) in [6, 6.07) is 5.34. The van der Waals surface area contributed by atoms with Crippen LogP contribution in [0.2, 0.25) is 0 Å². The van der Waals surface area contributed by atoms with Crippen LogP contribution in [0.25, 0.3) is 10.9 Å². The molecule has 2 heterocycles. The second kappa shape index (κ2) is 5.90. The highest BCUT2D eigenvalue weighted by Gasteiger charge is 2.55. The first kappa shape index (κ1) is 17.7. The number of carbonyl (C=O) groups excluding carboxylic acids is 1. The molecule has 0 unspecified atom stereocenters. The Bertz CT molecular complexity index is 923. The number of alkyl halides is 3. The maximum atomic E-state index is 12.8. The number of carboxylic acids is 1. The predicted molar refractivity (Wildman–Crippen MR) is 88.3 cm³/mol. The van der Waals surface area contributed by atoms with Crippen molar-refractivity contribution >= 4 is 22.8 Å². The second-order valence-corrected chi connectivity index (χ2v) is 7.22. The standard InChI is InChI=1S/C18H17F3N2O4/c19-18(20,21)27-12-4-3-10-6-14(22-13(10)7-12)15(24)23-8-11-2-1-5-17(11,9-23)16(25)26/h3-4,6-7,11,22H,1-2,5,8-9H2,(H,25,26)/t11-,17+/m0/s1. The summed E-state index contributed by atoms with van der Waals surface area (Å²) in [6.07, 6.45) is -2.62. The summed E-state index contributed by atoms with van der Waals surface area (Å²) in [4.78, 5) is 28.9. The molecule has 1 amide bonds. The minimum absolute atomic E-state index is 0.0601. The maximum Gasteiger partial charge on any atom is 0.573 e. The summed E-state index contributed by atoms with van der Waals surface area (Å²) in [5, 5.41) is 10.2. The molecular weight excluding hydrogens is 365 g/mol. The van der Waals surface area contributed by atoms with Gasteiger partial charge in [0.05, 0.1) is 5.41 Å². The van der Waals surface area contributed by atoms with Gasteiger partial charge in [0.15, 0.2) is 0 Å². The zero-order valence-corrected chi connectivity index (χ0v) is 14.2. The van der Waals surface area contributed by atoms with Crippen LogP contribution in [-0.2, 0) is 4.79 Å². The lowest BCUT2D eigenvalue weighted by Gasteiger charge is -2.23. The van der Waals surface area contributed by atoms with Crippen molar-refractivity contribution in [1.29, 1.82) is 0 Å². The lowest BCUT2D eigenvalue weighted by atomic mass is 9.81. The maximum absolute atomic E-state index is 12.8. The van der Waals surface area contributed by atoms with E-state index in [2.05, 4.69) is 9.72 Å². The van der Waals surface area contributed by atoms with Crippen molar-refractivity contribution in [1.82, 2.24) is 9.88 Å². The first-order valence-electron chi connectivity index (χ1n) is 8.59. The predicted octanol–water partition coefficient (Wildman–Crippen LogP) is 3.39. The molecule has 27 heavy (non-hydrogen) atoms. The van der Waals surface area contributed by atoms with Crippen LogP contribution in [0.5, 0.6) is 5.75 Å². The number of rotatable bonds is 3. The fourth-order valence-electron chi connectivity index (χ4n) is 4.38. The number of benzene rings is 1. The molecule has 1 aliphatic heterocycles. The SMILES string of the molecule is O=C(c1cc2ccc(OC(F)(F)F)cc2[nH]1)N1C[C@@H]2CCC[C@@]2(C(=O)O)C1. The average Bonchev–Trinajstić information content (AvgIpc) is 3.23. The Morgan fingerprint density at radius 2 is 2.07 bits per heavy atom. The number of aromatic nitrogens is 1. The Balaban J connectivity index is 1.57. The van der Waals surface area contributed by atoms with Gasteiger partial charge in [-0.05, 0) is 37.0 Å². The van der Waals surface area contributed by atoms with E-state index in [4.69, 9.17) is 0 Å². The molecular formula is C18H17F3N2O4. The van der Waals surface area contributed by atoms with Gasteiger partial charge in [0, 0.05) is 30.1 Å². The number of carbonyl (C=O) groups is 2. The van der Waals surface area contributed by atoms with E-state index in [1.807, 2.05) is 0 Å². The molecule has 2 N–H and O–H groups in total. The molecule has 4 rings (SSSR count). The Kier molecular flexibility index (Phi) is 3.87. The van der Waals surface area contributed by atoms with Gasteiger partial charge in [-0.3, -0.25) is 9.59 Å². The molecule has 2 aromatic rings. The molecule has 144 valence electrons. The fourth-order valence-corrected chi connectivity index (χ4v) is 4.38. The number of aromatic amines is 1. The van der Waals surface area contributed by atoms with Crippen LogP contribution in [0.3, 0.4) is 0 Å². The molecule has 2 atom stereocenters. The summed E-state index contributed by atoms with van der Waals surface area (Å²) in [5.74, 6) is -1.66. The molecule has 1 saturated heterocycles. The summed E-state index contributed by atoms with van der Waals surface area (Å²) in [5.41, 5.74) is -0.322. The number of nitrogens with zero attached hydrogens (tertiary/aromatic N) is 1. The van der Waals surface area contributed by atoms with Gasteiger partial charge in [0.25, 0.3) is 5.91 Å². The molecule has 1 aliphatic carbocycles. The fraction of sp³-hybridized carbons (Fsp3) is 0.444. The van der Waals surface area contributed by atoms with Gasteiger partial charge in [-0.1, -0.05) is 6.42 Å². The Labute approximate surface area is 151 Å². The third kappa shape index (κ3) is 3.00. The molecule has 1 aromatic heterocycles. The third-order valence-electron chi connectivity index (χ3n) is 5.64. The van der Waals surface area contributed by atoms with E-state index in [-0.39, 0.29) is 29.8 Å². The van der Waals surface area contributed by atoms with Gasteiger partial charge in [-0.25, -0.2) is 0 Å². The van der Waals surface area contributed by atoms with Crippen molar-refractivity contribution in [3.63, 3.8) is 0 Å². The number of nitrogens with one attached hydrogen (secondary N) is 1. The van der Waals surface area contributed by atoms with E-state index < -0.39 is 17.7 Å². The van der Waals surface area contributed by atoms with Crippen LogP contribution >= 0.6 is 0 Å². The van der Waals surface area contributed by atoms with Crippen molar-refractivity contribution < 1.29 is 32.6 Å². The summed E-state index contributed by atoms with van der Waals surface area (Å²) >= 11 is 0. The van der Waals surface area contributed by atoms with Crippen LogP contribution in [0.15, 0.2) is 24.3 Å². The number of carboxylic acid groups (broad SMARTS) is 1. The van der Waals surface area contributed by atoms with Crippen molar-refractivity contribution in [2.75, 3.05) is 13.1 Å². The van der Waals surface area contributed by atoms with E-state index in [0.717, 1.165) is 12.8 Å². The molecule has 2 aliphatic rings. The number of amides is 1. The normalized spacial score (nSPS) is 25.0. The summed E-state index contributed by atoms with van der Waals surface area (Å²) in [6.45, 7) is 0.534. The molecule has 2 fully saturated rings. The molecule has 0 radical (unpaired) electrons. The van der Waals surface area contributed by atoms with E-state index in [1.165, 1.54) is 23.1 Å². The van der Waals surface area contributed by atoms with E-state index >= 15 is 0 Å². The smallest absolute Gasteiger partial charge is 0.481 e. The lowest BCUT2D eigenvalue weighted by molar-refractivity contribution is -0.274. The molecule has 1 aromatic carbocycles. The number of likely N-dealkylation sites (tertiary alicyclic amines) is 1. The first-order chi connectivity index (χ1) is 12.7. The van der Waals surface area contributed by atoms with Gasteiger partial charge in [-0.15, -0.1) is 13.2 Å². The van der Waals surface area contributed by atoms with Crippen LogP contribution in [0.1, 0.15) is 29.8 Å². The molecule has 0 bridgehead atoms. The lowest BCUT2D eigenvalue weighted by Crippen LogP contribution is -2.37. The minimum atomic E-state index is -4.79. The highest BCUT2D eigenvalue weighted by atomic mass is 19.4. The Hall–Kier alpha value is -2.71. The number of H-pyrrole nitrogens is 1. The number of halogens is 3. The Morgan fingerprint density at radius 3 is 2.74 bits per heavy atom. The van der Waals surface area contributed by atoms with Crippen LogP contribution in [0, 0.1) is 11.3 Å². The second-order valence-electron chi connectivity index (χ2n) is 7.22. The van der Waals surface area contributed by atoms with E-state index in [9.17, 15) is 27.9 Å². The molecule has 9 heteroatoms. The number of ether oxygens (including phenoxy) is 1. The van der Waals surface area contributed by atoms with Crippen LogP contribution < -0.4 is 4.74 Å². The minimum Gasteiger partial charge on any atom is -0.481 e. The van der Waals surface area contributed by atoms with Crippen LogP contribution in [0.4, 0.5) is 13.2 Å². The average molecular weight is 382 g/mol. The zero-order chi connectivity index (χ0) is 19.4. The first-order valence-corrected chi connectivity index (χ1v) is 8.59. The number of hydrogen-bond donors (Lipinski definition) is 2. The summed E-state index contributed by atoms with van der Waals surface area (Å²) < 4.78 is 40.9. The van der Waals surface area contributed by atoms with Crippen molar-refractivity contribution in [2.24, 2.45) is 11.3 Å². The van der Waals surface area contributed by atoms with Crippen molar-refractivity contribution in [3.8, 4) is 5.75 Å². The Morgan fingerprint density at radius 1 is 1.30 bits per heavy atom. The van der Waals surface area contributed by atoms with Gasteiger partial charge in [-0.2, -0.15) is 0 Å². The monoisotopic (exact) mass is 382 g/mol. The quantitative estimate of drug-likeness (QED) is 0.853. The van der Waals surface area contributed by atoms with E-state index in [0.29, 0.717) is 23.9 Å². The van der Waals surface area contributed by atoms with Crippen LogP contribution in [-0.4, -0.2) is 46.3 Å². The van der Waals surface area contributed by atoms with Crippen molar-refractivity contribution in [2.45, 2.75) is 25.6 Å². The summed E-state index contributed by atoms with van der Waals surface area (Å²) in [7, 11) is 0. The number of hydrogen-bond acceptors (Lipinski definition) is 3. The zero-order valence-electron chi connectivity index (χ0n) is 14.2. The van der Waals surface area contributed by atoms with Gasteiger partial charge < -0.3 is 19.7 Å². The number of aliphatic carboxylic acids is 1. The van der Waals surface area contributed by atoms with Gasteiger partial charge in [0.1, 0.15) is 11.4 Å². The number of fused-ring (bicyclic) bond motifs is 2. The molecule has 1 saturated carbocycles. The largest absolute Gasteiger partial charge is 0.573 e. The highest BCUT2D eigenvalue weighted by Crippen LogP contribution is 2.49. The molecule has 0 spiro atoms. The van der Waals surface area contributed by atoms with Crippen molar-refractivity contribution in [3.05, 3.63) is 30.0 Å². The highest BCUT2D eigenvalue weighted by molar-refractivity contribution is 5.99. The molecule has 6 nitrogen and oxygen atoms in total. The van der Waals surface area contributed by atoms with E-state index in [1.54, 1.807) is 6.07 Å². The van der Waals surface area contributed by atoms with Gasteiger partial charge in [0.2, 0.25) is 0 Å². The van der Waals surface area contributed by atoms with Gasteiger partial charge >= 0.3 is 12.3 Å². The topological polar surface area (TPSA) is 82.6 Å².